The maximum absolute atomic E-state index is 13.5. The van der Waals surface area contributed by atoms with Gasteiger partial charge in [-0.3, -0.25) is 9.78 Å². The highest BCUT2D eigenvalue weighted by Gasteiger charge is 2.21. The van der Waals surface area contributed by atoms with Crippen LogP contribution in [0.3, 0.4) is 0 Å². The van der Waals surface area contributed by atoms with Crippen molar-refractivity contribution in [2.24, 2.45) is 0 Å². The predicted molar refractivity (Wildman–Crippen MR) is 119 cm³/mol. The molecule has 0 radical (unpaired) electrons. The van der Waals surface area contributed by atoms with E-state index in [-0.39, 0.29) is 5.91 Å². The minimum absolute atomic E-state index is 0.0733. The van der Waals surface area contributed by atoms with Crippen LogP contribution >= 0.6 is 0 Å². The number of ether oxygens (including phenoxy) is 2. The van der Waals surface area contributed by atoms with Crippen LogP contribution in [0.4, 0.5) is 0 Å². The maximum Gasteiger partial charge on any atom is 0.254 e. The van der Waals surface area contributed by atoms with E-state index in [0.29, 0.717) is 43.4 Å². The van der Waals surface area contributed by atoms with Crippen LogP contribution in [0, 0.1) is 0 Å². The average molecular weight is 410 g/mol. The van der Waals surface area contributed by atoms with Gasteiger partial charge in [0.15, 0.2) is 11.5 Å². The lowest BCUT2D eigenvalue weighted by molar-refractivity contribution is 0.0727. The van der Waals surface area contributed by atoms with Crippen LogP contribution in [-0.2, 0) is 13.1 Å². The van der Waals surface area contributed by atoms with Crippen molar-refractivity contribution in [1.82, 2.24) is 9.88 Å². The molecule has 5 nitrogen and oxygen atoms in total. The number of aromatic nitrogens is 1. The monoisotopic (exact) mass is 410 g/mol. The molecule has 1 aromatic heterocycles. The number of pyridine rings is 1. The molecule has 5 rings (SSSR count). The Bertz CT molecular complexity index is 1220. The highest BCUT2D eigenvalue weighted by Crippen LogP contribution is 2.31. The smallest absolute Gasteiger partial charge is 0.254 e. The predicted octanol–water partition coefficient (Wildman–Crippen LogP) is 4.85. The van der Waals surface area contributed by atoms with Crippen molar-refractivity contribution in [3.8, 4) is 11.5 Å². The summed E-state index contributed by atoms with van der Waals surface area (Å²) in [5.74, 6) is 1.21. The molecule has 5 heteroatoms. The third kappa shape index (κ3) is 4.21. The first kappa shape index (κ1) is 19.1. The maximum atomic E-state index is 13.5. The second kappa shape index (κ2) is 8.48. The zero-order chi connectivity index (χ0) is 21.0. The van der Waals surface area contributed by atoms with Crippen LogP contribution in [0.15, 0.2) is 84.9 Å². The van der Waals surface area contributed by atoms with Crippen molar-refractivity contribution < 1.29 is 14.3 Å². The molecule has 0 fully saturated rings. The minimum atomic E-state index is -0.0733. The Morgan fingerprint density at radius 1 is 0.806 bits per heavy atom. The van der Waals surface area contributed by atoms with Gasteiger partial charge in [0.1, 0.15) is 13.2 Å². The largest absolute Gasteiger partial charge is 0.486 e. The number of hydrogen-bond donors (Lipinski definition) is 0. The fraction of sp³-hybridized carbons (Fsp3) is 0.154. The Morgan fingerprint density at radius 3 is 2.45 bits per heavy atom. The Hall–Kier alpha value is -3.86. The molecule has 0 spiro atoms. The van der Waals surface area contributed by atoms with E-state index < -0.39 is 0 Å². The molecule has 0 saturated heterocycles. The molecule has 0 N–H and O–H groups in total. The van der Waals surface area contributed by atoms with Crippen LogP contribution in [0.1, 0.15) is 21.6 Å². The van der Waals surface area contributed by atoms with Gasteiger partial charge in [-0.1, -0.05) is 54.6 Å². The molecule has 0 atom stereocenters. The van der Waals surface area contributed by atoms with Gasteiger partial charge in [-0.15, -0.1) is 0 Å². The summed E-state index contributed by atoms with van der Waals surface area (Å²) in [5.41, 5.74) is 3.40. The molecule has 1 amide bonds. The van der Waals surface area contributed by atoms with Crippen molar-refractivity contribution in [2.75, 3.05) is 13.2 Å². The molecular formula is C26H22N2O3. The number of hydrogen-bond acceptors (Lipinski definition) is 4. The number of amides is 1. The number of para-hydroxylation sites is 1. The van der Waals surface area contributed by atoms with Gasteiger partial charge in [-0.05, 0) is 35.9 Å². The molecule has 4 aromatic rings. The van der Waals surface area contributed by atoms with Crippen LogP contribution in [0.2, 0.25) is 0 Å². The van der Waals surface area contributed by atoms with Gasteiger partial charge in [-0.25, -0.2) is 0 Å². The van der Waals surface area contributed by atoms with Crippen LogP contribution in [0.5, 0.6) is 11.5 Å². The third-order valence-corrected chi connectivity index (χ3v) is 5.30. The Labute approximate surface area is 180 Å². The molecule has 0 saturated carbocycles. The topological polar surface area (TPSA) is 51.7 Å². The molecule has 31 heavy (non-hydrogen) atoms. The van der Waals surface area contributed by atoms with Crippen LogP contribution in [0.25, 0.3) is 10.9 Å². The summed E-state index contributed by atoms with van der Waals surface area (Å²) in [6, 6.07) is 27.4. The second-order valence-corrected chi connectivity index (χ2v) is 7.50. The molecule has 0 aliphatic carbocycles. The van der Waals surface area contributed by atoms with E-state index in [4.69, 9.17) is 14.5 Å². The van der Waals surface area contributed by atoms with Gasteiger partial charge in [-0.2, -0.15) is 0 Å². The van der Waals surface area contributed by atoms with E-state index in [2.05, 4.69) is 0 Å². The fourth-order valence-corrected chi connectivity index (χ4v) is 3.75. The minimum Gasteiger partial charge on any atom is -0.486 e. The van der Waals surface area contributed by atoms with Gasteiger partial charge in [0, 0.05) is 17.5 Å². The molecule has 0 bridgehead atoms. The molecule has 1 aliphatic rings. The number of fused-ring (bicyclic) bond motifs is 2. The normalized spacial score (nSPS) is 12.5. The van der Waals surface area contributed by atoms with Gasteiger partial charge in [0.05, 0.1) is 17.8 Å². The number of carbonyl (C=O) groups is 1. The van der Waals surface area contributed by atoms with Gasteiger partial charge >= 0.3 is 0 Å². The first-order valence-electron chi connectivity index (χ1n) is 10.3. The van der Waals surface area contributed by atoms with Crippen molar-refractivity contribution in [3.05, 3.63) is 102 Å². The zero-order valence-corrected chi connectivity index (χ0v) is 17.0. The lowest BCUT2D eigenvalue weighted by atomic mass is 10.1. The number of rotatable bonds is 5. The number of nitrogens with zero attached hydrogens (tertiary/aromatic N) is 2. The molecular weight excluding hydrogens is 388 g/mol. The molecule has 0 unspecified atom stereocenters. The van der Waals surface area contributed by atoms with Gasteiger partial charge < -0.3 is 14.4 Å². The fourth-order valence-electron chi connectivity index (χ4n) is 3.75. The van der Waals surface area contributed by atoms with E-state index in [1.54, 1.807) is 18.2 Å². The molecule has 1 aliphatic heterocycles. The van der Waals surface area contributed by atoms with Gasteiger partial charge in [0.25, 0.3) is 5.91 Å². The van der Waals surface area contributed by atoms with Crippen molar-refractivity contribution in [1.29, 1.82) is 0 Å². The Kier molecular flexibility index (Phi) is 5.23. The highest BCUT2D eigenvalue weighted by molar-refractivity contribution is 5.95. The second-order valence-electron chi connectivity index (χ2n) is 7.50. The zero-order valence-electron chi connectivity index (χ0n) is 17.0. The average Bonchev–Trinajstić information content (AvgIpc) is 2.83. The van der Waals surface area contributed by atoms with E-state index in [0.717, 1.165) is 22.2 Å². The summed E-state index contributed by atoms with van der Waals surface area (Å²) in [7, 11) is 0. The first-order chi connectivity index (χ1) is 15.3. The third-order valence-electron chi connectivity index (χ3n) is 5.30. The quantitative estimate of drug-likeness (QED) is 0.472. The Morgan fingerprint density at radius 2 is 1.58 bits per heavy atom. The van der Waals surface area contributed by atoms with Gasteiger partial charge in [0.2, 0.25) is 0 Å². The summed E-state index contributed by atoms with van der Waals surface area (Å²) >= 11 is 0. The first-order valence-corrected chi connectivity index (χ1v) is 10.3. The summed E-state index contributed by atoms with van der Waals surface area (Å²) in [6.07, 6.45) is 0. The number of carbonyl (C=O) groups excluding carboxylic acids is 1. The van der Waals surface area contributed by atoms with E-state index in [1.807, 2.05) is 71.6 Å². The van der Waals surface area contributed by atoms with Crippen molar-refractivity contribution in [2.45, 2.75) is 13.1 Å². The molecule has 3 aromatic carbocycles. The van der Waals surface area contributed by atoms with Crippen molar-refractivity contribution >= 4 is 16.8 Å². The molecule has 154 valence electrons. The SMILES string of the molecule is O=C(c1ccc2c(c1)OCCO2)N(Cc1ccccc1)Cc1ccc2ccccc2n1. The lowest BCUT2D eigenvalue weighted by Crippen LogP contribution is -2.30. The summed E-state index contributed by atoms with van der Waals surface area (Å²) in [5, 5.41) is 1.08. The van der Waals surface area contributed by atoms with E-state index in [9.17, 15) is 4.79 Å². The Balaban J connectivity index is 1.46. The summed E-state index contributed by atoms with van der Waals surface area (Å²) in [6.45, 7) is 1.91. The van der Waals surface area contributed by atoms with E-state index >= 15 is 0 Å². The van der Waals surface area contributed by atoms with E-state index in [1.165, 1.54) is 0 Å². The molecule has 2 heterocycles. The number of benzene rings is 3. The lowest BCUT2D eigenvalue weighted by Gasteiger charge is -2.24. The van der Waals surface area contributed by atoms with Crippen molar-refractivity contribution in [3.63, 3.8) is 0 Å². The van der Waals surface area contributed by atoms with Crippen LogP contribution < -0.4 is 9.47 Å². The summed E-state index contributed by atoms with van der Waals surface area (Å²) in [4.78, 5) is 20.1. The standard InChI is InChI=1S/C26H22N2O3/c29-26(21-11-13-24-25(16-21)31-15-14-30-24)28(17-19-6-2-1-3-7-19)18-22-12-10-20-8-4-5-9-23(20)27-22/h1-13,16H,14-15,17-18H2. The highest BCUT2D eigenvalue weighted by atomic mass is 16.6. The van der Waals surface area contributed by atoms with Crippen LogP contribution in [-0.4, -0.2) is 29.0 Å². The summed E-state index contributed by atoms with van der Waals surface area (Å²) < 4.78 is 11.3.